The molecule has 0 atom stereocenters. The molecular formula is C16H17FN2O4. The standard InChI is InChI=1S/C16H17FN2O4/c1-16(2,3)23-15(21)14(20)11-9-10(5-6-12(11)17)22-13-7-8-19(4)18-13/h5-9H,1-4H3. The molecule has 122 valence electrons. The van der Waals surface area contributed by atoms with Gasteiger partial charge in [0.25, 0.3) is 5.78 Å². The van der Waals surface area contributed by atoms with Gasteiger partial charge in [-0.2, -0.15) is 0 Å². The van der Waals surface area contributed by atoms with E-state index in [1.807, 2.05) is 0 Å². The minimum atomic E-state index is -1.12. The first-order chi connectivity index (χ1) is 10.7. The topological polar surface area (TPSA) is 70.4 Å². The molecule has 0 unspecified atom stereocenters. The number of rotatable bonds is 4. The molecule has 0 spiro atoms. The predicted octanol–water partition coefficient (Wildman–Crippen LogP) is 2.88. The summed E-state index contributed by atoms with van der Waals surface area (Å²) in [5.41, 5.74) is -1.25. The summed E-state index contributed by atoms with van der Waals surface area (Å²) >= 11 is 0. The van der Waals surface area contributed by atoms with Crippen LogP contribution in [0, 0.1) is 5.82 Å². The van der Waals surface area contributed by atoms with E-state index in [1.165, 1.54) is 10.7 Å². The largest absolute Gasteiger partial charge is 0.454 e. The highest BCUT2D eigenvalue weighted by Gasteiger charge is 2.26. The molecule has 7 heteroatoms. The van der Waals surface area contributed by atoms with Gasteiger partial charge in [-0.3, -0.25) is 9.48 Å². The number of aryl methyl sites for hydroxylation is 1. The van der Waals surface area contributed by atoms with Gasteiger partial charge in [0, 0.05) is 19.3 Å². The number of carbonyl (C=O) groups excluding carboxylic acids is 2. The maximum absolute atomic E-state index is 13.9. The first-order valence-electron chi connectivity index (χ1n) is 6.90. The van der Waals surface area contributed by atoms with Crippen molar-refractivity contribution in [3.05, 3.63) is 41.8 Å². The second-order valence-electron chi connectivity index (χ2n) is 5.90. The molecule has 1 aromatic carbocycles. The Morgan fingerprint density at radius 2 is 1.91 bits per heavy atom. The molecule has 0 aliphatic heterocycles. The molecule has 0 amide bonds. The molecule has 0 fully saturated rings. The number of halogens is 1. The summed E-state index contributed by atoms with van der Waals surface area (Å²) in [4.78, 5) is 23.9. The molecule has 0 saturated heterocycles. The molecule has 23 heavy (non-hydrogen) atoms. The Hall–Kier alpha value is -2.70. The minimum Gasteiger partial charge on any atom is -0.454 e. The molecule has 0 radical (unpaired) electrons. The zero-order chi connectivity index (χ0) is 17.2. The molecular weight excluding hydrogens is 303 g/mol. The number of hydrogen-bond donors (Lipinski definition) is 0. The summed E-state index contributed by atoms with van der Waals surface area (Å²) in [6.07, 6.45) is 1.67. The van der Waals surface area contributed by atoms with E-state index in [-0.39, 0.29) is 11.6 Å². The van der Waals surface area contributed by atoms with Crippen LogP contribution in [0.4, 0.5) is 4.39 Å². The van der Waals surface area contributed by atoms with Crippen molar-refractivity contribution in [2.75, 3.05) is 0 Å². The number of Topliss-reactive ketones (excluding diaryl/α,β-unsaturated/α-hetero) is 1. The van der Waals surface area contributed by atoms with Crippen molar-refractivity contribution in [1.82, 2.24) is 9.78 Å². The maximum atomic E-state index is 13.9. The molecule has 0 N–H and O–H groups in total. The number of aromatic nitrogens is 2. The number of ether oxygens (including phenoxy) is 2. The lowest BCUT2D eigenvalue weighted by atomic mass is 10.1. The Morgan fingerprint density at radius 3 is 2.48 bits per heavy atom. The molecule has 2 aromatic rings. The van der Waals surface area contributed by atoms with Crippen LogP contribution in [0.1, 0.15) is 31.1 Å². The fourth-order valence-electron chi connectivity index (χ4n) is 1.75. The molecule has 6 nitrogen and oxygen atoms in total. The Labute approximate surface area is 132 Å². The Bertz CT molecular complexity index is 747. The van der Waals surface area contributed by atoms with E-state index in [9.17, 15) is 14.0 Å². The Balaban J connectivity index is 2.23. The lowest BCUT2D eigenvalue weighted by molar-refractivity contribution is -0.148. The number of carbonyl (C=O) groups is 2. The number of ketones is 1. The van der Waals surface area contributed by atoms with Crippen LogP contribution in [-0.4, -0.2) is 27.1 Å². The number of nitrogens with zero attached hydrogens (tertiary/aromatic N) is 2. The van der Waals surface area contributed by atoms with E-state index in [0.717, 1.165) is 12.1 Å². The van der Waals surface area contributed by atoms with Crippen LogP contribution in [0.5, 0.6) is 11.6 Å². The van der Waals surface area contributed by atoms with Crippen molar-refractivity contribution in [1.29, 1.82) is 0 Å². The van der Waals surface area contributed by atoms with Crippen LogP contribution in [0.15, 0.2) is 30.5 Å². The third-order valence-corrected chi connectivity index (χ3v) is 2.68. The predicted molar refractivity (Wildman–Crippen MR) is 79.9 cm³/mol. The highest BCUT2D eigenvalue weighted by Crippen LogP contribution is 2.23. The first kappa shape index (κ1) is 16.7. The van der Waals surface area contributed by atoms with Crippen LogP contribution in [0.3, 0.4) is 0 Å². The third-order valence-electron chi connectivity index (χ3n) is 2.68. The van der Waals surface area contributed by atoms with Crippen molar-refractivity contribution in [2.24, 2.45) is 7.05 Å². The van der Waals surface area contributed by atoms with Gasteiger partial charge in [0.2, 0.25) is 5.88 Å². The minimum absolute atomic E-state index is 0.192. The molecule has 0 aliphatic rings. The highest BCUT2D eigenvalue weighted by molar-refractivity contribution is 6.40. The second kappa shape index (κ2) is 6.20. The second-order valence-corrected chi connectivity index (χ2v) is 5.90. The fourth-order valence-corrected chi connectivity index (χ4v) is 1.75. The smallest absolute Gasteiger partial charge is 0.380 e. The maximum Gasteiger partial charge on any atom is 0.380 e. The van der Waals surface area contributed by atoms with Crippen LogP contribution >= 0.6 is 0 Å². The van der Waals surface area contributed by atoms with Gasteiger partial charge in [-0.25, -0.2) is 9.18 Å². The van der Waals surface area contributed by atoms with Gasteiger partial charge >= 0.3 is 5.97 Å². The van der Waals surface area contributed by atoms with E-state index < -0.39 is 28.7 Å². The average molecular weight is 320 g/mol. The van der Waals surface area contributed by atoms with Gasteiger partial charge in [-0.15, -0.1) is 5.10 Å². The van der Waals surface area contributed by atoms with Gasteiger partial charge in [0.15, 0.2) is 0 Å². The summed E-state index contributed by atoms with van der Waals surface area (Å²) in [5.74, 6) is -2.53. The molecule has 0 aliphatic carbocycles. The van der Waals surface area contributed by atoms with Crippen LogP contribution in [0.25, 0.3) is 0 Å². The molecule has 0 bridgehead atoms. The zero-order valence-electron chi connectivity index (χ0n) is 13.3. The van der Waals surface area contributed by atoms with Gasteiger partial charge in [-0.05, 0) is 39.0 Å². The van der Waals surface area contributed by atoms with Gasteiger partial charge < -0.3 is 9.47 Å². The molecule has 2 rings (SSSR count). The fraction of sp³-hybridized carbons (Fsp3) is 0.312. The lowest BCUT2D eigenvalue weighted by Gasteiger charge is -2.18. The number of benzene rings is 1. The Morgan fingerprint density at radius 1 is 1.22 bits per heavy atom. The monoisotopic (exact) mass is 320 g/mol. The van der Waals surface area contributed by atoms with Gasteiger partial charge in [0.05, 0.1) is 5.56 Å². The van der Waals surface area contributed by atoms with Crippen LogP contribution in [-0.2, 0) is 16.6 Å². The SMILES string of the molecule is Cn1ccc(Oc2ccc(F)c(C(=O)C(=O)OC(C)(C)C)c2)n1. The van der Waals surface area contributed by atoms with E-state index in [0.29, 0.717) is 0 Å². The van der Waals surface area contributed by atoms with Crippen molar-refractivity contribution < 1.29 is 23.5 Å². The Kier molecular flexibility index (Phi) is 4.49. The zero-order valence-corrected chi connectivity index (χ0v) is 13.3. The van der Waals surface area contributed by atoms with Crippen LogP contribution in [0.2, 0.25) is 0 Å². The summed E-state index contributed by atoms with van der Waals surface area (Å²) in [6, 6.07) is 5.15. The first-order valence-corrected chi connectivity index (χ1v) is 6.90. The summed E-state index contributed by atoms with van der Waals surface area (Å²) in [7, 11) is 1.72. The average Bonchev–Trinajstić information content (AvgIpc) is 2.83. The lowest BCUT2D eigenvalue weighted by Crippen LogP contribution is -2.29. The molecule has 1 heterocycles. The normalized spacial score (nSPS) is 11.2. The van der Waals surface area contributed by atoms with Gasteiger partial charge in [-0.1, -0.05) is 0 Å². The number of esters is 1. The summed E-state index contributed by atoms with van der Waals surface area (Å²) < 4.78 is 25.8. The van der Waals surface area contributed by atoms with E-state index in [1.54, 1.807) is 40.1 Å². The van der Waals surface area contributed by atoms with E-state index in [2.05, 4.69) is 5.10 Å². The molecule has 1 aromatic heterocycles. The van der Waals surface area contributed by atoms with Crippen molar-refractivity contribution in [3.63, 3.8) is 0 Å². The van der Waals surface area contributed by atoms with Crippen molar-refractivity contribution >= 4 is 11.8 Å². The summed E-state index contributed by atoms with van der Waals surface area (Å²) in [5, 5.41) is 4.01. The van der Waals surface area contributed by atoms with Crippen LogP contribution < -0.4 is 4.74 Å². The quantitative estimate of drug-likeness (QED) is 0.492. The third kappa shape index (κ3) is 4.38. The summed E-state index contributed by atoms with van der Waals surface area (Å²) in [6.45, 7) is 4.86. The van der Waals surface area contributed by atoms with E-state index in [4.69, 9.17) is 9.47 Å². The van der Waals surface area contributed by atoms with Crippen molar-refractivity contribution in [2.45, 2.75) is 26.4 Å². The van der Waals surface area contributed by atoms with Crippen molar-refractivity contribution in [3.8, 4) is 11.6 Å². The molecule has 0 saturated carbocycles. The number of hydrogen-bond acceptors (Lipinski definition) is 5. The van der Waals surface area contributed by atoms with Gasteiger partial charge in [0.1, 0.15) is 17.2 Å². The highest BCUT2D eigenvalue weighted by atomic mass is 19.1. The van der Waals surface area contributed by atoms with E-state index >= 15 is 0 Å².